The molecule has 0 aliphatic heterocycles. The van der Waals surface area contributed by atoms with Crippen LogP contribution in [0.25, 0.3) is 0 Å². The molecule has 1 aliphatic rings. The van der Waals surface area contributed by atoms with Crippen molar-refractivity contribution in [2.24, 2.45) is 5.92 Å². The smallest absolute Gasteiger partial charge is 0.0248 e. The van der Waals surface area contributed by atoms with E-state index in [1.807, 2.05) is 0 Å². The molecule has 88 valence electrons. The first-order chi connectivity index (χ1) is 7.68. The second-order valence-electron chi connectivity index (χ2n) is 5.50. The van der Waals surface area contributed by atoms with Crippen molar-refractivity contribution >= 4 is 0 Å². The summed E-state index contributed by atoms with van der Waals surface area (Å²) < 4.78 is 0. The van der Waals surface area contributed by atoms with E-state index in [1.54, 1.807) is 5.56 Å². The Hall–Kier alpha value is -0.780. The Morgan fingerprint density at radius 3 is 2.31 bits per heavy atom. The number of rotatable bonds is 2. The van der Waals surface area contributed by atoms with Crippen LogP contribution in [0.5, 0.6) is 0 Å². The van der Waals surface area contributed by atoms with Crippen LogP contribution in [0, 0.1) is 26.7 Å². The topological polar surface area (TPSA) is 0 Å². The summed E-state index contributed by atoms with van der Waals surface area (Å²) in [7, 11) is 0. The van der Waals surface area contributed by atoms with Crippen molar-refractivity contribution in [1.29, 1.82) is 0 Å². The van der Waals surface area contributed by atoms with E-state index < -0.39 is 0 Å². The van der Waals surface area contributed by atoms with Gasteiger partial charge in [-0.2, -0.15) is 0 Å². The monoisotopic (exact) mass is 216 g/mol. The van der Waals surface area contributed by atoms with Crippen molar-refractivity contribution in [3.8, 4) is 0 Å². The Morgan fingerprint density at radius 2 is 1.62 bits per heavy atom. The molecule has 0 N–H and O–H groups in total. The summed E-state index contributed by atoms with van der Waals surface area (Å²) >= 11 is 0. The first kappa shape index (κ1) is 11.7. The third kappa shape index (κ3) is 2.48. The Labute approximate surface area is 100 Å². The summed E-state index contributed by atoms with van der Waals surface area (Å²) in [5, 5.41) is 0. The van der Waals surface area contributed by atoms with Crippen LogP contribution in [0.2, 0.25) is 0 Å². The summed E-state index contributed by atoms with van der Waals surface area (Å²) in [4.78, 5) is 0. The summed E-state index contributed by atoms with van der Waals surface area (Å²) in [6.07, 6.45) is 8.58. The van der Waals surface area contributed by atoms with E-state index in [1.165, 1.54) is 55.2 Å². The Bertz CT molecular complexity index is 357. The molecular formula is C16H24. The van der Waals surface area contributed by atoms with Crippen LogP contribution >= 0.6 is 0 Å². The highest BCUT2D eigenvalue weighted by atomic mass is 14.2. The zero-order valence-electron chi connectivity index (χ0n) is 11.0. The van der Waals surface area contributed by atoms with E-state index in [-0.39, 0.29) is 0 Å². The molecule has 0 nitrogen and oxygen atoms in total. The molecule has 0 amide bonds. The summed E-state index contributed by atoms with van der Waals surface area (Å²) in [5.41, 5.74) is 6.05. The maximum atomic E-state index is 2.35. The van der Waals surface area contributed by atoms with Crippen molar-refractivity contribution in [2.75, 3.05) is 0 Å². The lowest BCUT2D eigenvalue weighted by Gasteiger charge is -2.23. The van der Waals surface area contributed by atoms with E-state index >= 15 is 0 Å². The largest absolute Gasteiger partial charge is 0.0588 e. The fourth-order valence-electron chi connectivity index (χ4n) is 2.94. The van der Waals surface area contributed by atoms with E-state index in [4.69, 9.17) is 0 Å². The average Bonchev–Trinajstić information content (AvgIpc) is 2.31. The fourth-order valence-corrected chi connectivity index (χ4v) is 2.94. The van der Waals surface area contributed by atoms with Gasteiger partial charge in [0.2, 0.25) is 0 Å². The van der Waals surface area contributed by atoms with Crippen LogP contribution in [0.4, 0.5) is 0 Å². The molecule has 0 radical (unpaired) electrons. The van der Waals surface area contributed by atoms with Crippen molar-refractivity contribution in [2.45, 2.75) is 59.3 Å². The third-order valence-electron chi connectivity index (χ3n) is 4.40. The molecule has 0 aromatic heterocycles. The minimum absolute atomic E-state index is 0.953. The molecule has 0 spiro atoms. The van der Waals surface area contributed by atoms with Gasteiger partial charge in [0, 0.05) is 0 Å². The number of benzene rings is 1. The highest BCUT2D eigenvalue weighted by Crippen LogP contribution is 2.28. The van der Waals surface area contributed by atoms with E-state index in [0.717, 1.165) is 5.92 Å². The molecule has 1 aromatic rings. The van der Waals surface area contributed by atoms with Gasteiger partial charge in [-0.25, -0.2) is 0 Å². The molecule has 1 aliphatic carbocycles. The van der Waals surface area contributed by atoms with Gasteiger partial charge in [0.25, 0.3) is 0 Å². The second kappa shape index (κ2) is 5.03. The van der Waals surface area contributed by atoms with Gasteiger partial charge in [-0.1, -0.05) is 44.2 Å². The van der Waals surface area contributed by atoms with Crippen molar-refractivity contribution in [1.82, 2.24) is 0 Å². The number of hydrogen-bond acceptors (Lipinski definition) is 0. The Kier molecular flexibility index (Phi) is 3.68. The molecule has 0 saturated heterocycles. The van der Waals surface area contributed by atoms with Crippen LogP contribution in [-0.2, 0) is 6.42 Å². The van der Waals surface area contributed by atoms with E-state index in [2.05, 4.69) is 32.9 Å². The highest BCUT2D eigenvalue weighted by Gasteiger charge is 2.15. The molecule has 1 saturated carbocycles. The molecule has 0 heterocycles. The SMILES string of the molecule is Cc1ccc(CC2CCCCC2)c(C)c1C. The van der Waals surface area contributed by atoms with Crippen molar-refractivity contribution < 1.29 is 0 Å². The predicted molar refractivity (Wildman–Crippen MR) is 70.9 cm³/mol. The first-order valence-corrected chi connectivity index (χ1v) is 6.74. The third-order valence-corrected chi connectivity index (χ3v) is 4.40. The number of aryl methyl sites for hydroxylation is 1. The Morgan fingerprint density at radius 1 is 0.938 bits per heavy atom. The van der Waals surface area contributed by atoms with Crippen LogP contribution in [0.3, 0.4) is 0 Å². The molecule has 0 heteroatoms. The van der Waals surface area contributed by atoms with Crippen LogP contribution < -0.4 is 0 Å². The molecule has 0 bridgehead atoms. The molecular weight excluding hydrogens is 192 g/mol. The number of hydrogen-bond donors (Lipinski definition) is 0. The van der Waals surface area contributed by atoms with Crippen molar-refractivity contribution in [3.05, 3.63) is 34.4 Å². The molecule has 2 rings (SSSR count). The van der Waals surface area contributed by atoms with Gasteiger partial charge >= 0.3 is 0 Å². The fraction of sp³-hybridized carbons (Fsp3) is 0.625. The quantitative estimate of drug-likeness (QED) is 0.670. The van der Waals surface area contributed by atoms with Crippen LogP contribution in [0.15, 0.2) is 12.1 Å². The van der Waals surface area contributed by atoms with Gasteiger partial charge in [0.1, 0.15) is 0 Å². The van der Waals surface area contributed by atoms with Gasteiger partial charge < -0.3 is 0 Å². The Balaban J connectivity index is 2.11. The van der Waals surface area contributed by atoms with E-state index in [0.29, 0.717) is 0 Å². The van der Waals surface area contributed by atoms with E-state index in [9.17, 15) is 0 Å². The van der Waals surface area contributed by atoms with Gasteiger partial charge in [-0.05, 0) is 55.4 Å². The second-order valence-corrected chi connectivity index (χ2v) is 5.50. The van der Waals surface area contributed by atoms with Gasteiger partial charge in [0.05, 0.1) is 0 Å². The lowest BCUT2D eigenvalue weighted by Crippen LogP contribution is -2.10. The first-order valence-electron chi connectivity index (χ1n) is 6.74. The molecule has 1 aromatic carbocycles. The minimum Gasteiger partial charge on any atom is -0.0588 e. The molecule has 0 atom stereocenters. The molecule has 1 fully saturated rings. The molecule has 0 unspecified atom stereocenters. The normalized spacial score (nSPS) is 17.7. The summed E-state index contributed by atoms with van der Waals surface area (Å²) in [5.74, 6) is 0.953. The van der Waals surface area contributed by atoms with Crippen molar-refractivity contribution in [3.63, 3.8) is 0 Å². The zero-order chi connectivity index (χ0) is 11.5. The summed E-state index contributed by atoms with van der Waals surface area (Å²) in [6.45, 7) is 6.77. The van der Waals surface area contributed by atoms with Gasteiger partial charge in [0.15, 0.2) is 0 Å². The van der Waals surface area contributed by atoms with Crippen LogP contribution in [-0.4, -0.2) is 0 Å². The predicted octanol–water partition coefficient (Wildman–Crippen LogP) is 4.73. The maximum Gasteiger partial charge on any atom is -0.0248 e. The zero-order valence-corrected chi connectivity index (χ0v) is 11.0. The lowest BCUT2D eigenvalue weighted by atomic mass is 9.83. The molecule has 16 heavy (non-hydrogen) atoms. The average molecular weight is 216 g/mol. The maximum absolute atomic E-state index is 2.35. The standard InChI is InChI=1S/C16H24/c1-12-9-10-16(14(3)13(12)2)11-15-7-5-4-6-8-15/h9-10,15H,4-8,11H2,1-3H3. The van der Waals surface area contributed by atoms with Crippen LogP contribution in [0.1, 0.15) is 54.4 Å². The minimum atomic E-state index is 0.953. The van der Waals surface area contributed by atoms with Gasteiger partial charge in [-0.15, -0.1) is 0 Å². The van der Waals surface area contributed by atoms with Gasteiger partial charge in [-0.3, -0.25) is 0 Å². The lowest BCUT2D eigenvalue weighted by molar-refractivity contribution is 0.356. The summed E-state index contributed by atoms with van der Waals surface area (Å²) in [6, 6.07) is 4.65. The highest BCUT2D eigenvalue weighted by molar-refractivity contribution is 5.38.